The zero-order valence-corrected chi connectivity index (χ0v) is 15.6. The van der Waals surface area contributed by atoms with Crippen molar-refractivity contribution in [3.8, 4) is 5.75 Å². The number of carbonyl (C=O) groups is 1. The average molecular weight is 425 g/mol. The number of nitrogens with zero attached hydrogens (tertiary/aromatic N) is 1. The van der Waals surface area contributed by atoms with Gasteiger partial charge in [-0.3, -0.25) is 10.0 Å². The van der Waals surface area contributed by atoms with Crippen molar-refractivity contribution in [1.82, 2.24) is 0 Å². The highest BCUT2D eigenvalue weighted by atomic mass is 127. The number of rotatable bonds is 5. The van der Waals surface area contributed by atoms with Crippen molar-refractivity contribution in [2.75, 3.05) is 5.06 Å². The van der Waals surface area contributed by atoms with E-state index in [-0.39, 0.29) is 18.9 Å². The molecule has 0 aromatic heterocycles. The SMILES string of the molecule is CCC(=O)N(O)c1ccc(I)cc1COc1ccc(C)cc1C. The van der Waals surface area contributed by atoms with Gasteiger partial charge in [-0.15, -0.1) is 0 Å². The highest BCUT2D eigenvalue weighted by Gasteiger charge is 2.16. The molecule has 0 fully saturated rings. The van der Waals surface area contributed by atoms with Crippen molar-refractivity contribution in [2.45, 2.75) is 33.8 Å². The van der Waals surface area contributed by atoms with Crippen LogP contribution in [0.5, 0.6) is 5.75 Å². The molecule has 0 bridgehead atoms. The molecule has 2 rings (SSSR count). The molecule has 0 aliphatic carbocycles. The number of benzene rings is 2. The van der Waals surface area contributed by atoms with E-state index in [2.05, 4.69) is 28.7 Å². The summed E-state index contributed by atoms with van der Waals surface area (Å²) in [6, 6.07) is 11.5. The van der Waals surface area contributed by atoms with Gasteiger partial charge in [-0.1, -0.05) is 24.6 Å². The van der Waals surface area contributed by atoms with Crippen LogP contribution in [0.1, 0.15) is 30.0 Å². The Kier molecular flexibility index (Phi) is 6.01. The monoisotopic (exact) mass is 425 g/mol. The van der Waals surface area contributed by atoms with E-state index in [0.29, 0.717) is 10.8 Å². The van der Waals surface area contributed by atoms with Gasteiger partial charge in [0.25, 0.3) is 0 Å². The summed E-state index contributed by atoms with van der Waals surface area (Å²) in [7, 11) is 0. The maximum atomic E-state index is 11.7. The fourth-order valence-electron chi connectivity index (χ4n) is 2.28. The molecule has 0 saturated carbocycles. The topological polar surface area (TPSA) is 49.8 Å². The number of amides is 1. The van der Waals surface area contributed by atoms with Crippen LogP contribution in [0.2, 0.25) is 0 Å². The summed E-state index contributed by atoms with van der Waals surface area (Å²) >= 11 is 2.20. The number of hydrogen-bond acceptors (Lipinski definition) is 3. The van der Waals surface area contributed by atoms with Crippen LogP contribution in [0.25, 0.3) is 0 Å². The molecule has 23 heavy (non-hydrogen) atoms. The minimum atomic E-state index is -0.348. The molecule has 0 saturated heterocycles. The molecule has 0 aliphatic rings. The van der Waals surface area contributed by atoms with E-state index in [0.717, 1.165) is 20.4 Å². The molecule has 0 unspecified atom stereocenters. The Morgan fingerprint density at radius 1 is 1.22 bits per heavy atom. The number of anilines is 1. The average Bonchev–Trinajstić information content (AvgIpc) is 2.52. The summed E-state index contributed by atoms with van der Waals surface area (Å²) in [6.45, 7) is 6.03. The highest BCUT2D eigenvalue weighted by Crippen LogP contribution is 2.26. The molecule has 0 spiro atoms. The van der Waals surface area contributed by atoms with E-state index < -0.39 is 0 Å². The van der Waals surface area contributed by atoms with Gasteiger partial charge in [-0.05, 0) is 66.3 Å². The summed E-state index contributed by atoms with van der Waals surface area (Å²) in [4.78, 5) is 11.7. The number of hydrogen-bond donors (Lipinski definition) is 1. The fourth-order valence-corrected chi connectivity index (χ4v) is 2.83. The lowest BCUT2D eigenvalue weighted by Crippen LogP contribution is -2.27. The van der Waals surface area contributed by atoms with E-state index in [1.54, 1.807) is 13.0 Å². The third-order valence-electron chi connectivity index (χ3n) is 3.52. The molecule has 0 radical (unpaired) electrons. The Hall–Kier alpha value is -1.60. The van der Waals surface area contributed by atoms with Crippen LogP contribution in [0.15, 0.2) is 36.4 Å². The molecule has 2 aromatic carbocycles. The largest absolute Gasteiger partial charge is 0.489 e. The standard InChI is InChI=1S/C18H20INO3/c1-4-18(21)20(22)16-7-6-15(19)10-14(16)11-23-17-8-5-12(2)9-13(17)3/h5-10,22H,4,11H2,1-3H3. The second-order valence-electron chi connectivity index (χ2n) is 5.39. The Morgan fingerprint density at radius 3 is 2.61 bits per heavy atom. The molecule has 0 heterocycles. The van der Waals surface area contributed by atoms with Crippen LogP contribution in [0.4, 0.5) is 5.69 Å². The second kappa shape index (κ2) is 7.79. The third kappa shape index (κ3) is 4.45. The van der Waals surface area contributed by atoms with Gasteiger partial charge in [0.05, 0.1) is 5.69 Å². The molecule has 2 aromatic rings. The number of carbonyl (C=O) groups excluding carboxylic acids is 1. The molecule has 122 valence electrons. The molecule has 4 nitrogen and oxygen atoms in total. The Morgan fingerprint density at radius 2 is 1.96 bits per heavy atom. The van der Waals surface area contributed by atoms with Crippen LogP contribution >= 0.6 is 22.6 Å². The van der Waals surface area contributed by atoms with Crippen molar-refractivity contribution >= 4 is 34.2 Å². The van der Waals surface area contributed by atoms with Gasteiger partial charge in [0.15, 0.2) is 0 Å². The first-order chi connectivity index (χ1) is 10.9. The van der Waals surface area contributed by atoms with Gasteiger partial charge >= 0.3 is 0 Å². The van der Waals surface area contributed by atoms with Gasteiger partial charge < -0.3 is 4.74 Å². The lowest BCUT2D eigenvalue weighted by atomic mass is 10.1. The first-order valence-corrected chi connectivity index (χ1v) is 8.50. The zero-order chi connectivity index (χ0) is 17.0. The lowest BCUT2D eigenvalue weighted by Gasteiger charge is -2.19. The molecule has 1 N–H and O–H groups in total. The first kappa shape index (κ1) is 17.7. The molecule has 5 heteroatoms. The van der Waals surface area contributed by atoms with Gasteiger partial charge in [0.2, 0.25) is 5.91 Å². The maximum absolute atomic E-state index is 11.7. The smallest absolute Gasteiger partial charge is 0.250 e. The van der Waals surface area contributed by atoms with Gasteiger partial charge in [0, 0.05) is 15.6 Å². The van der Waals surface area contributed by atoms with Crippen LogP contribution in [-0.2, 0) is 11.4 Å². The quantitative estimate of drug-likeness (QED) is 0.432. The summed E-state index contributed by atoms with van der Waals surface area (Å²) in [6.07, 6.45) is 0.236. The van der Waals surface area contributed by atoms with E-state index in [9.17, 15) is 10.0 Å². The molecule has 1 amide bonds. The number of ether oxygens (including phenoxy) is 1. The van der Waals surface area contributed by atoms with E-state index in [1.807, 2.05) is 38.1 Å². The normalized spacial score (nSPS) is 10.5. The van der Waals surface area contributed by atoms with Crippen molar-refractivity contribution in [3.63, 3.8) is 0 Å². The lowest BCUT2D eigenvalue weighted by molar-refractivity contribution is -0.123. The van der Waals surface area contributed by atoms with Crippen LogP contribution in [0.3, 0.4) is 0 Å². The van der Waals surface area contributed by atoms with E-state index >= 15 is 0 Å². The van der Waals surface area contributed by atoms with Crippen molar-refractivity contribution in [1.29, 1.82) is 0 Å². The summed E-state index contributed by atoms with van der Waals surface area (Å²) < 4.78 is 6.90. The minimum absolute atomic E-state index is 0.236. The Bertz CT molecular complexity index is 715. The van der Waals surface area contributed by atoms with Gasteiger partial charge in [-0.2, -0.15) is 5.06 Å². The Balaban J connectivity index is 2.24. The summed E-state index contributed by atoms with van der Waals surface area (Å²) in [5.74, 6) is 0.450. The highest BCUT2D eigenvalue weighted by molar-refractivity contribution is 14.1. The van der Waals surface area contributed by atoms with Crippen molar-refractivity contribution in [3.05, 3.63) is 56.7 Å². The van der Waals surface area contributed by atoms with Crippen LogP contribution in [-0.4, -0.2) is 11.1 Å². The zero-order valence-electron chi connectivity index (χ0n) is 13.5. The van der Waals surface area contributed by atoms with Crippen LogP contribution < -0.4 is 9.80 Å². The fraction of sp³-hybridized carbons (Fsp3) is 0.278. The van der Waals surface area contributed by atoms with Crippen molar-refractivity contribution in [2.24, 2.45) is 0 Å². The summed E-state index contributed by atoms with van der Waals surface area (Å²) in [5.41, 5.74) is 3.46. The van der Waals surface area contributed by atoms with Gasteiger partial charge in [0.1, 0.15) is 12.4 Å². The second-order valence-corrected chi connectivity index (χ2v) is 6.64. The van der Waals surface area contributed by atoms with E-state index in [1.165, 1.54) is 5.56 Å². The number of hydroxylamine groups is 1. The number of halogens is 1. The number of aryl methyl sites for hydroxylation is 2. The molecule has 0 aliphatic heterocycles. The van der Waals surface area contributed by atoms with Crippen molar-refractivity contribution < 1.29 is 14.7 Å². The first-order valence-electron chi connectivity index (χ1n) is 7.42. The predicted molar refractivity (Wildman–Crippen MR) is 99.0 cm³/mol. The van der Waals surface area contributed by atoms with Crippen LogP contribution in [0, 0.1) is 17.4 Å². The molecular weight excluding hydrogens is 405 g/mol. The molecular formula is C18H20INO3. The summed E-state index contributed by atoms with van der Waals surface area (Å²) in [5, 5.41) is 10.8. The predicted octanol–water partition coefficient (Wildman–Crippen LogP) is 4.62. The molecule has 0 atom stereocenters. The third-order valence-corrected chi connectivity index (χ3v) is 4.19. The van der Waals surface area contributed by atoms with Gasteiger partial charge in [-0.25, -0.2) is 0 Å². The minimum Gasteiger partial charge on any atom is -0.489 e. The maximum Gasteiger partial charge on any atom is 0.250 e. The Labute approximate surface area is 150 Å². The van der Waals surface area contributed by atoms with E-state index in [4.69, 9.17) is 4.74 Å².